The van der Waals surface area contributed by atoms with E-state index in [4.69, 9.17) is 4.74 Å². The van der Waals surface area contributed by atoms with E-state index in [9.17, 15) is 18.0 Å². The van der Waals surface area contributed by atoms with Crippen LogP contribution in [0, 0.1) is 20.8 Å². The summed E-state index contributed by atoms with van der Waals surface area (Å²) in [6, 6.07) is 15.5. The Kier molecular flexibility index (Phi) is 6.61. The van der Waals surface area contributed by atoms with Crippen LogP contribution >= 0.6 is 0 Å². The number of rotatable bonds is 6. The number of benzene rings is 2. The molecule has 0 fully saturated rings. The minimum absolute atomic E-state index is 0.0697. The first kappa shape index (κ1) is 25.7. The molecule has 5 rings (SSSR count). The van der Waals surface area contributed by atoms with Gasteiger partial charge in [0.05, 0.1) is 22.9 Å². The quantitative estimate of drug-likeness (QED) is 0.357. The number of pyridine rings is 1. The van der Waals surface area contributed by atoms with Crippen LogP contribution in [0.3, 0.4) is 0 Å². The molecule has 1 N–H and O–H groups in total. The van der Waals surface area contributed by atoms with Crippen LogP contribution in [0.15, 0.2) is 69.2 Å². The first-order chi connectivity index (χ1) is 18.1. The molecular weight excluding hydrogens is 500 g/mol. The van der Waals surface area contributed by atoms with E-state index in [1.807, 2.05) is 31.4 Å². The molecule has 1 aliphatic carbocycles. The number of fused-ring (bicyclic) bond motifs is 3. The lowest BCUT2D eigenvalue weighted by molar-refractivity contribution is 0.0514. The molecule has 0 bridgehead atoms. The van der Waals surface area contributed by atoms with Gasteiger partial charge in [-0.15, -0.1) is 0 Å². The molecule has 2 heterocycles. The van der Waals surface area contributed by atoms with Crippen molar-refractivity contribution in [2.24, 2.45) is 0 Å². The molecule has 0 spiro atoms. The molecule has 0 saturated heterocycles. The number of H-pyrrole nitrogens is 1. The minimum Gasteiger partial charge on any atom is -0.461 e. The topological polar surface area (TPSA) is 98.2 Å². The lowest BCUT2D eigenvalue weighted by Crippen LogP contribution is -2.23. The zero-order chi connectivity index (χ0) is 27.2. The van der Waals surface area contributed by atoms with Crippen molar-refractivity contribution in [1.29, 1.82) is 0 Å². The molecule has 0 amide bonds. The van der Waals surface area contributed by atoms with Crippen LogP contribution in [0.4, 0.5) is 0 Å². The van der Waals surface area contributed by atoms with Crippen LogP contribution in [0.5, 0.6) is 0 Å². The summed E-state index contributed by atoms with van der Waals surface area (Å²) in [6.45, 7) is 8.56. The highest BCUT2D eigenvalue weighted by Crippen LogP contribution is 2.36. The van der Waals surface area contributed by atoms with E-state index in [-0.39, 0.29) is 16.4 Å². The second kappa shape index (κ2) is 9.76. The van der Waals surface area contributed by atoms with Crippen molar-refractivity contribution >= 4 is 15.8 Å². The van der Waals surface area contributed by atoms with E-state index < -0.39 is 21.4 Å². The van der Waals surface area contributed by atoms with E-state index in [1.165, 1.54) is 18.2 Å². The van der Waals surface area contributed by atoms with Gasteiger partial charge in [0.15, 0.2) is 0 Å². The molecule has 2 aromatic carbocycles. The second-order valence-electron chi connectivity index (χ2n) is 9.77. The first-order valence-corrected chi connectivity index (χ1v) is 14.1. The normalized spacial score (nSPS) is 12.6. The smallest absolute Gasteiger partial charge is 0.354 e. The third-order valence-corrected chi connectivity index (χ3v) is 8.92. The zero-order valence-corrected chi connectivity index (χ0v) is 22.7. The number of nitrogens with zero attached hydrogens (tertiary/aromatic N) is 1. The van der Waals surface area contributed by atoms with Crippen LogP contribution in [0.1, 0.15) is 50.8 Å². The third kappa shape index (κ3) is 4.39. The highest BCUT2D eigenvalue weighted by atomic mass is 32.2. The van der Waals surface area contributed by atoms with Gasteiger partial charge in [-0.2, -0.15) is 0 Å². The third-order valence-electron chi connectivity index (χ3n) is 7.15. The summed E-state index contributed by atoms with van der Waals surface area (Å²) in [5.41, 5.74) is 7.07. The summed E-state index contributed by atoms with van der Waals surface area (Å²) in [4.78, 5) is 28.9. The fraction of sp³-hybridized carbons (Fsp3) is 0.267. The van der Waals surface area contributed by atoms with Gasteiger partial charge in [-0.25, -0.2) is 13.2 Å². The van der Waals surface area contributed by atoms with E-state index in [0.717, 1.165) is 39.1 Å². The van der Waals surface area contributed by atoms with Crippen molar-refractivity contribution in [2.45, 2.75) is 56.9 Å². The summed E-state index contributed by atoms with van der Waals surface area (Å²) in [7, 11) is -3.99. The van der Waals surface area contributed by atoms with Gasteiger partial charge in [0.2, 0.25) is 9.84 Å². The van der Waals surface area contributed by atoms with Gasteiger partial charge in [-0.3, -0.25) is 4.79 Å². The molecule has 0 radical (unpaired) electrons. The molecule has 0 aliphatic heterocycles. The molecule has 38 heavy (non-hydrogen) atoms. The Hall–Kier alpha value is -3.91. The number of carbonyl (C=O) groups excluding carboxylic acids is 1. The summed E-state index contributed by atoms with van der Waals surface area (Å²) >= 11 is 0. The zero-order valence-electron chi connectivity index (χ0n) is 21.9. The fourth-order valence-corrected chi connectivity index (χ4v) is 6.76. The molecule has 7 nitrogen and oxygen atoms in total. The summed E-state index contributed by atoms with van der Waals surface area (Å²) in [5, 5.41) is 0. The SMILES string of the molecule is CCOC(=O)c1cc2c(n1Cc1c(C)cc(C)cc1C)-c1[nH]c(=O)c(S(=O)(=O)c3ccccc3)cc1CC2. The lowest BCUT2D eigenvalue weighted by Gasteiger charge is -2.22. The number of nitrogens with one attached hydrogen (secondary N) is 1. The van der Waals surface area contributed by atoms with Crippen molar-refractivity contribution in [3.05, 3.63) is 104 Å². The Bertz CT molecular complexity index is 1710. The average molecular weight is 531 g/mol. The summed E-state index contributed by atoms with van der Waals surface area (Å²) in [5.74, 6) is -0.434. The molecular formula is C30H30N2O5S. The number of aromatic nitrogens is 2. The Labute approximate surface area is 222 Å². The molecule has 0 unspecified atom stereocenters. The van der Waals surface area contributed by atoms with Gasteiger partial charge in [0.25, 0.3) is 5.56 Å². The largest absolute Gasteiger partial charge is 0.461 e. The average Bonchev–Trinajstić information content (AvgIpc) is 3.25. The molecule has 4 aromatic rings. The Balaban J connectivity index is 1.70. The van der Waals surface area contributed by atoms with Crippen molar-refractivity contribution < 1.29 is 17.9 Å². The van der Waals surface area contributed by atoms with Crippen LogP contribution in [-0.2, 0) is 34.0 Å². The number of carbonyl (C=O) groups is 1. The molecule has 196 valence electrons. The fourth-order valence-electron chi connectivity index (χ4n) is 5.40. The Morgan fingerprint density at radius 2 is 1.63 bits per heavy atom. The molecule has 0 atom stereocenters. The van der Waals surface area contributed by atoms with E-state index >= 15 is 0 Å². The van der Waals surface area contributed by atoms with Gasteiger partial charge in [0.1, 0.15) is 10.6 Å². The number of aryl methyl sites for hydroxylation is 5. The van der Waals surface area contributed by atoms with Gasteiger partial charge < -0.3 is 14.3 Å². The predicted octanol–water partition coefficient (Wildman–Crippen LogP) is 4.93. The van der Waals surface area contributed by atoms with Crippen molar-refractivity contribution in [3.63, 3.8) is 0 Å². The monoisotopic (exact) mass is 530 g/mol. The van der Waals surface area contributed by atoms with Crippen LogP contribution in [0.25, 0.3) is 11.4 Å². The van der Waals surface area contributed by atoms with Crippen LogP contribution in [0.2, 0.25) is 0 Å². The number of hydrogen-bond acceptors (Lipinski definition) is 5. The highest BCUT2D eigenvalue weighted by molar-refractivity contribution is 7.91. The molecule has 1 aliphatic rings. The van der Waals surface area contributed by atoms with Crippen molar-refractivity contribution in [3.8, 4) is 11.4 Å². The maximum absolute atomic E-state index is 13.3. The van der Waals surface area contributed by atoms with E-state index in [1.54, 1.807) is 25.1 Å². The summed E-state index contributed by atoms with van der Waals surface area (Å²) in [6.07, 6.45) is 1.13. The molecule has 8 heteroatoms. The number of aromatic amines is 1. The predicted molar refractivity (Wildman–Crippen MR) is 146 cm³/mol. The molecule has 0 saturated carbocycles. The first-order valence-electron chi connectivity index (χ1n) is 12.6. The van der Waals surface area contributed by atoms with Crippen molar-refractivity contribution in [2.75, 3.05) is 6.61 Å². The summed E-state index contributed by atoms with van der Waals surface area (Å²) < 4.78 is 33.8. The van der Waals surface area contributed by atoms with Crippen LogP contribution < -0.4 is 5.56 Å². The highest BCUT2D eigenvalue weighted by Gasteiger charge is 2.30. The van der Waals surface area contributed by atoms with Gasteiger partial charge in [-0.05, 0) is 92.6 Å². The van der Waals surface area contributed by atoms with Crippen LogP contribution in [-0.4, -0.2) is 30.5 Å². The standard InChI is InChI=1S/C30H30N2O5S/c1-5-37-30(34)25-15-22-12-11-21-16-26(38(35,36)23-9-7-6-8-10-23)29(33)31-27(21)28(22)32(25)17-24-19(3)13-18(2)14-20(24)4/h6-10,13-16H,5,11-12,17H2,1-4H3,(H,31,33). The lowest BCUT2D eigenvalue weighted by atomic mass is 9.94. The van der Waals surface area contributed by atoms with Crippen molar-refractivity contribution in [1.82, 2.24) is 9.55 Å². The number of ether oxygens (including phenoxy) is 1. The number of esters is 1. The Morgan fingerprint density at radius 1 is 0.974 bits per heavy atom. The minimum atomic E-state index is -3.99. The number of sulfone groups is 1. The van der Waals surface area contributed by atoms with Gasteiger partial charge in [0, 0.05) is 6.54 Å². The number of hydrogen-bond donors (Lipinski definition) is 1. The van der Waals surface area contributed by atoms with E-state index in [2.05, 4.69) is 17.1 Å². The maximum atomic E-state index is 13.3. The van der Waals surface area contributed by atoms with E-state index in [0.29, 0.717) is 30.8 Å². The second-order valence-corrected chi connectivity index (χ2v) is 11.7. The molecule has 2 aromatic heterocycles. The maximum Gasteiger partial charge on any atom is 0.354 e. The Morgan fingerprint density at radius 3 is 2.29 bits per heavy atom. The van der Waals surface area contributed by atoms with Gasteiger partial charge >= 0.3 is 5.97 Å². The van der Waals surface area contributed by atoms with Gasteiger partial charge in [-0.1, -0.05) is 35.9 Å².